The number of hydrogen-bond acceptors (Lipinski definition) is 5. The summed E-state index contributed by atoms with van der Waals surface area (Å²) in [7, 11) is -4.64. The van der Waals surface area contributed by atoms with E-state index in [2.05, 4.69) is 0 Å². The van der Waals surface area contributed by atoms with E-state index < -0.39 is 7.82 Å². The van der Waals surface area contributed by atoms with Crippen LogP contribution in [0.2, 0.25) is 0 Å². The molecule has 0 rings (SSSR count). The lowest BCUT2D eigenvalue weighted by atomic mass is 9.97. The van der Waals surface area contributed by atoms with Crippen LogP contribution < -0.4 is 0 Å². The zero-order valence-electron chi connectivity index (χ0n) is 11.8. The monoisotopic (exact) mass is 306 g/mol. The zero-order chi connectivity index (χ0) is 16.3. The van der Waals surface area contributed by atoms with Crippen molar-refractivity contribution in [3.63, 3.8) is 0 Å². The predicted molar refractivity (Wildman–Crippen MR) is 70.2 cm³/mol. The second-order valence-electron chi connectivity index (χ2n) is 5.47. The van der Waals surface area contributed by atoms with Crippen LogP contribution in [0.5, 0.6) is 0 Å². The van der Waals surface area contributed by atoms with Crippen LogP contribution >= 0.6 is 7.82 Å². The van der Waals surface area contributed by atoms with Crippen LogP contribution in [0.15, 0.2) is 0 Å². The smallest absolute Gasteiger partial charge is 0.396 e. The highest BCUT2D eigenvalue weighted by Gasteiger charge is 2.13. The van der Waals surface area contributed by atoms with Crippen molar-refractivity contribution in [1.29, 1.82) is 0 Å². The van der Waals surface area contributed by atoms with E-state index in [1.807, 2.05) is 0 Å². The van der Waals surface area contributed by atoms with Crippen molar-refractivity contribution in [2.45, 2.75) is 27.7 Å². The van der Waals surface area contributed by atoms with Crippen LogP contribution in [0, 0.1) is 10.8 Å². The average molecular weight is 306 g/mol. The molecule has 0 spiro atoms. The number of aliphatic hydroxyl groups is 4. The number of aliphatic hydroxyl groups excluding tert-OH is 4. The molecule has 0 aliphatic rings. The molecule has 9 heteroatoms. The lowest BCUT2D eigenvalue weighted by Crippen LogP contribution is -2.20. The standard InChI is InChI=1S/2C5H12O2.H3O4P/c2*1-5(2,3-6)4-7;1-5(2,3)4/h2*6-7H,3-4H2,1-2H3;(H3,1,2,3,4). The molecular weight excluding hydrogens is 279 g/mol. The van der Waals surface area contributed by atoms with Crippen molar-refractivity contribution in [1.82, 2.24) is 0 Å². The van der Waals surface area contributed by atoms with E-state index in [0.29, 0.717) is 0 Å². The summed E-state index contributed by atoms with van der Waals surface area (Å²) in [5.74, 6) is 0. The highest BCUT2D eigenvalue weighted by atomic mass is 31.2. The van der Waals surface area contributed by atoms with E-state index >= 15 is 0 Å². The van der Waals surface area contributed by atoms with Gasteiger partial charge >= 0.3 is 7.82 Å². The maximum absolute atomic E-state index is 8.88. The molecule has 0 aliphatic carbocycles. The number of rotatable bonds is 4. The van der Waals surface area contributed by atoms with Gasteiger partial charge in [-0.3, -0.25) is 0 Å². The Kier molecular flexibility index (Phi) is 13.5. The molecule has 0 radical (unpaired) electrons. The third-order valence-electron chi connectivity index (χ3n) is 1.71. The van der Waals surface area contributed by atoms with E-state index in [1.165, 1.54) is 0 Å². The highest BCUT2D eigenvalue weighted by Crippen LogP contribution is 2.25. The molecule has 8 nitrogen and oxygen atoms in total. The maximum Gasteiger partial charge on any atom is 0.466 e. The summed E-state index contributed by atoms with van der Waals surface area (Å²) in [6, 6.07) is 0. The van der Waals surface area contributed by atoms with Gasteiger partial charge in [-0.15, -0.1) is 0 Å². The largest absolute Gasteiger partial charge is 0.466 e. The summed E-state index contributed by atoms with van der Waals surface area (Å²) in [4.78, 5) is 21.6. The Balaban J connectivity index is -0.000000206. The zero-order valence-corrected chi connectivity index (χ0v) is 12.7. The normalized spacial score (nSPS) is 11.9. The fraction of sp³-hybridized carbons (Fsp3) is 1.00. The fourth-order valence-corrected chi connectivity index (χ4v) is 0.1000. The van der Waals surface area contributed by atoms with Gasteiger partial charge in [-0.05, 0) is 0 Å². The van der Waals surface area contributed by atoms with Crippen molar-refractivity contribution in [2.24, 2.45) is 10.8 Å². The predicted octanol–water partition coefficient (Wildman–Crippen LogP) is -0.934. The Morgan fingerprint density at radius 3 is 0.789 bits per heavy atom. The van der Waals surface area contributed by atoms with Gasteiger partial charge in [0, 0.05) is 10.8 Å². The van der Waals surface area contributed by atoms with Crippen LogP contribution in [0.4, 0.5) is 0 Å². The quantitative estimate of drug-likeness (QED) is 0.328. The first-order valence-electron chi connectivity index (χ1n) is 5.46. The molecule has 0 unspecified atom stereocenters. The molecule has 7 N–H and O–H groups in total. The van der Waals surface area contributed by atoms with Gasteiger partial charge < -0.3 is 35.1 Å². The molecule has 0 amide bonds. The van der Waals surface area contributed by atoms with Crippen molar-refractivity contribution in [2.75, 3.05) is 26.4 Å². The topological polar surface area (TPSA) is 159 Å². The summed E-state index contributed by atoms with van der Waals surface area (Å²) in [6.07, 6.45) is 0. The summed E-state index contributed by atoms with van der Waals surface area (Å²) < 4.78 is 8.88. The van der Waals surface area contributed by atoms with Gasteiger partial charge in [0.1, 0.15) is 0 Å². The van der Waals surface area contributed by atoms with E-state index in [9.17, 15) is 0 Å². The summed E-state index contributed by atoms with van der Waals surface area (Å²) in [5, 5.41) is 33.7. The first kappa shape index (κ1) is 24.0. The lowest BCUT2D eigenvalue weighted by molar-refractivity contribution is 0.0855. The van der Waals surface area contributed by atoms with Crippen LogP contribution in [-0.4, -0.2) is 61.5 Å². The van der Waals surface area contributed by atoms with Crippen molar-refractivity contribution < 1.29 is 39.7 Å². The first-order chi connectivity index (χ1) is 8.24. The summed E-state index contributed by atoms with van der Waals surface area (Å²) in [5.41, 5.74) is -0.611. The van der Waals surface area contributed by atoms with Crippen molar-refractivity contribution >= 4 is 7.82 Å². The van der Waals surface area contributed by atoms with Gasteiger partial charge in [0.05, 0.1) is 26.4 Å². The minimum absolute atomic E-state index is 0.0451. The van der Waals surface area contributed by atoms with E-state index in [1.54, 1.807) is 27.7 Å². The molecular formula is C10H27O8P. The van der Waals surface area contributed by atoms with Gasteiger partial charge in [-0.1, -0.05) is 27.7 Å². The Labute approximate surface area is 113 Å². The van der Waals surface area contributed by atoms with Gasteiger partial charge in [0.15, 0.2) is 0 Å². The first-order valence-corrected chi connectivity index (χ1v) is 7.03. The molecule has 120 valence electrons. The Morgan fingerprint density at radius 1 is 0.684 bits per heavy atom. The molecule has 0 aromatic heterocycles. The van der Waals surface area contributed by atoms with Gasteiger partial charge in [-0.25, -0.2) is 4.57 Å². The Hall–Kier alpha value is -0.0500. The molecule has 0 aromatic carbocycles. The molecule has 0 heterocycles. The van der Waals surface area contributed by atoms with E-state index in [0.717, 1.165) is 0 Å². The molecule has 19 heavy (non-hydrogen) atoms. The molecule has 0 atom stereocenters. The van der Waals surface area contributed by atoms with Gasteiger partial charge in [0.25, 0.3) is 0 Å². The van der Waals surface area contributed by atoms with Crippen LogP contribution in [0.25, 0.3) is 0 Å². The van der Waals surface area contributed by atoms with E-state index in [-0.39, 0.29) is 37.3 Å². The molecule has 0 aliphatic heterocycles. The number of phosphoric acid groups is 1. The SMILES string of the molecule is CC(C)(CO)CO.CC(C)(CO)CO.O=P(O)(O)O. The third-order valence-corrected chi connectivity index (χ3v) is 1.71. The Morgan fingerprint density at radius 2 is 0.789 bits per heavy atom. The molecule has 0 aromatic rings. The Bertz CT molecular complexity index is 212. The fourth-order valence-electron chi connectivity index (χ4n) is 0.1000. The third kappa shape index (κ3) is 32.0. The molecule has 0 saturated heterocycles. The second-order valence-corrected chi connectivity index (χ2v) is 6.50. The second kappa shape index (κ2) is 10.7. The minimum atomic E-state index is -4.64. The van der Waals surface area contributed by atoms with E-state index in [4.69, 9.17) is 39.7 Å². The van der Waals surface area contributed by atoms with Crippen molar-refractivity contribution in [3.8, 4) is 0 Å². The molecule has 0 bridgehead atoms. The summed E-state index contributed by atoms with van der Waals surface area (Å²) in [6.45, 7) is 7.38. The molecule has 0 saturated carbocycles. The van der Waals surface area contributed by atoms with Crippen LogP contribution in [0.1, 0.15) is 27.7 Å². The lowest BCUT2D eigenvalue weighted by Gasteiger charge is -2.16. The van der Waals surface area contributed by atoms with Crippen LogP contribution in [0.3, 0.4) is 0 Å². The van der Waals surface area contributed by atoms with Crippen molar-refractivity contribution in [3.05, 3.63) is 0 Å². The average Bonchev–Trinajstić information content (AvgIpc) is 2.28. The molecule has 0 fully saturated rings. The minimum Gasteiger partial charge on any atom is -0.396 e. The maximum atomic E-state index is 8.88. The number of hydrogen-bond donors (Lipinski definition) is 7. The highest BCUT2D eigenvalue weighted by molar-refractivity contribution is 7.45. The van der Waals surface area contributed by atoms with Gasteiger partial charge in [0.2, 0.25) is 0 Å². The summed E-state index contributed by atoms with van der Waals surface area (Å²) >= 11 is 0. The van der Waals surface area contributed by atoms with Crippen LogP contribution in [-0.2, 0) is 4.57 Å². The van der Waals surface area contributed by atoms with Gasteiger partial charge in [-0.2, -0.15) is 0 Å².